The number of nitrogens with one attached hydrogen (secondary N) is 1. The molecule has 0 heterocycles. The molecule has 1 amide bonds. The fourth-order valence-corrected chi connectivity index (χ4v) is 2.08. The lowest BCUT2D eigenvalue weighted by molar-refractivity contribution is 0.1000. The van der Waals surface area contributed by atoms with Gasteiger partial charge in [-0.1, -0.05) is 29.8 Å². The van der Waals surface area contributed by atoms with Gasteiger partial charge in [-0.3, -0.25) is 4.79 Å². The van der Waals surface area contributed by atoms with Crippen molar-refractivity contribution in [2.45, 2.75) is 20.4 Å². The molecule has 3 nitrogen and oxygen atoms in total. The van der Waals surface area contributed by atoms with Gasteiger partial charge < -0.3 is 11.1 Å². The van der Waals surface area contributed by atoms with Gasteiger partial charge in [0, 0.05) is 17.8 Å². The van der Waals surface area contributed by atoms with Crippen LogP contribution in [-0.2, 0) is 6.54 Å². The van der Waals surface area contributed by atoms with Crippen LogP contribution < -0.4 is 11.1 Å². The molecule has 0 aliphatic heterocycles. The Balaban J connectivity index is 2.08. The van der Waals surface area contributed by atoms with E-state index in [0.29, 0.717) is 5.56 Å². The first-order valence-corrected chi connectivity index (χ1v) is 6.26. The molecule has 2 aromatic carbocycles. The molecule has 0 aromatic heterocycles. The first-order chi connectivity index (χ1) is 9.06. The lowest BCUT2D eigenvalue weighted by atomic mass is 10.1. The van der Waals surface area contributed by atoms with Crippen molar-refractivity contribution in [2.75, 3.05) is 5.32 Å². The first-order valence-electron chi connectivity index (χ1n) is 6.26. The lowest BCUT2D eigenvalue weighted by Crippen LogP contribution is -2.12. The fraction of sp³-hybridized carbons (Fsp3) is 0.188. The third-order valence-electron chi connectivity index (χ3n) is 3.07. The Bertz CT molecular complexity index is 605. The third kappa shape index (κ3) is 3.35. The Morgan fingerprint density at radius 2 is 1.95 bits per heavy atom. The summed E-state index contributed by atoms with van der Waals surface area (Å²) in [4.78, 5) is 11.2. The fourth-order valence-electron chi connectivity index (χ4n) is 2.08. The van der Waals surface area contributed by atoms with Crippen LogP contribution in [0, 0.1) is 13.8 Å². The lowest BCUT2D eigenvalue weighted by Gasteiger charge is -2.09. The average Bonchev–Trinajstić information content (AvgIpc) is 2.36. The number of carbonyl (C=O) groups is 1. The molecule has 0 radical (unpaired) electrons. The summed E-state index contributed by atoms with van der Waals surface area (Å²) < 4.78 is 0. The summed E-state index contributed by atoms with van der Waals surface area (Å²) in [5.74, 6) is -0.386. The minimum Gasteiger partial charge on any atom is -0.381 e. The number of aryl methyl sites for hydroxylation is 2. The van der Waals surface area contributed by atoms with Crippen molar-refractivity contribution in [2.24, 2.45) is 5.73 Å². The summed E-state index contributed by atoms with van der Waals surface area (Å²) in [7, 11) is 0. The summed E-state index contributed by atoms with van der Waals surface area (Å²) in [5, 5.41) is 3.34. The van der Waals surface area contributed by atoms with E-state index in [2.05, 4.69) is 30.4 Å². The number of amides is 1. The van der Waals surface area contributed by atoms with Crippen molar-refractivity contribution in [3.8, 4) is 0 Å². The van der Waals surface area contributed by atoms with Gasteiger partial charge in [-0.25, -0.2) is 0 Å². The Hall–Kier alpha value is -2.29. The van der Waals surface area contributed by atoms with E-state index in [1.54, 1.807) is 6.07 Å². The minimum atomic E-state index is -0.386. The highest BCUT2D eigenvalue weighted by Crippen LogP contribution is 2.16. The highest BCUT2D eigenvalue weighted by molar-refractivity contribution is 5.94. The van der Waals surface area contributed by atoms with Gasteiger partial charge in [0.25, 0.3) is 0 Å². The van der Waals surface area contributed by atoms with Crippen LogP contribution in [0.5, 0.6) is 0 Å². The molecule has 0 bridgehead atoms. The largest absolute Gasteiger partial charge is 0.381 e. The van der Waals surface area contributed by atoms with Crippen molar-refractivity contribution in [3.05, 3.63) is 64.7 Å². The number of anilines is 1. The normalized spacial score (nSPS) is 10.2. The van der Waals surface area contributed by atoms with Crippen LogP contribution in [0.15, 0.2) is 42.5 Å². The maximum absolute atomic E-state index is 11.2. The molecule has 2 aromatic rings. The van der Waals surface area contributed by atoms with Crippen molar-refractivity contribution in [1.82, 2.24) is 0 Å². The van der Waals surface area contributed by atoms with Crippen molar-refractivity contribution in [1.29, 1.82) is 0 Å². The zero-order chi connectivity index (χ0) is 13.8. The Labute approximate surface area is 113 Å². The molecule has 2 rings (SSSR count). The molecule has 0 saturated heterocycles. The molecule has 3 N–H and O–H groups in total. The molecular formula is C16H18N2O. The Morgan fingerprint density at radius 1 is 1.16 bits per heavy atom. The predicted octanol–water partition coefficient (Wildman–Crippen LogP) is 3.01. The van der Waals surface area contributed by atoms with Crippen LogP contribution in [0.25, 0.3) is 0 Å². The second-order valence-electron chi connectivity index (χ2n) is 4.74. The van der Waals surface area contributed by atoms with Gasteiger partial charge in [0.2, 0.25) is 5.91 Å². The second kappa shape index (κ2) is 5.57. The van der Waals surface area contributed by atoms with Crippen LogP contribution in [0.4, 0.5) is 5.69 Å². The van der Waals surface area contributed by atoms with E-state index in [1.807, 2.05) is 25.1 Å². The minimum absolute atomic E-state index is 0.386. The maximum Gasteiger partial charge on any atom is 0.248 e. The predicted molar refractivity (Wildman–Crippen MR) is 78.2 cm³/mol. The third-order valence-corrected chi connectivity index (χ3v) is 3.07. The van der Waals surface area contributed by atoms with E-state index in [1.165, 1.54) is 11.1 Å². The topological polar surface area (TPSA) is 55.1 Å². The average molecular weight is 254 g/mol. The Kier molecular flexibility index (Phi) is 3.85. The van der Waals surface area contributed by atoms with Crippen LogP contribution in [0.1, 0.15) is 27.0 Å². The summed E-state index contributed by atoms with van der Waals surface area (Å²) in [5.41, 5.74) is 10.2. The SMILES string of the molecule is Cc1cccc(CNc2ccc(C(N)=O)c(C)c2)c1. The van der Waals surface area contributed by atoms with Gasteiger partial charge >= 0.3 is 0 Å². The second-order valence-corrected chi connectivity index (χ2v) is 4.74. The van der Waals surface area contributed by atoms with Gasteiger partial charge in [0.15, 0.2) is 0 Å². The Morgan fingerprint density at radius 3 is 2.58 bits per heavy atom. The van der Waals surface area contributed by atoms with Gasteiger partial charge in [-0.15, -0.1) is 0 Å². The summed E-state index contributed by atoms with van der Waals surface area (Å²) in [6.45, 7) is 4.73. The molecule has 0 aliphatic rings. The molecule has 0 saturated carbocycles. The van der Waals surface area contributed by atoms with Gasteiger partial charge in [0.05, 0.1) is 0 Å². The summed E-state index contributed by atoms with van der Waals surface area (Å²) >= 11 is 0. The zero-order valence-corrected chi connectivity index (χ0v) is 11.2. The monoisotopic (exact) mass is 254 g/mol. The molecule has 0 aliphatic carbocycles. The maximum atomic E-state index is 11.2. The van der Waals surface area contributed by atoms with Crippen LogP contribution in [0.2, 0.25) is 0 Å². The summed E-state index contributed by atoms with van der Waals surface area (Å²) in [6, 6.07) is 13.9. The van der Waals surface area contributed by atoms with Gasteiger partial charge in [-0.2, -0.15) is 0 Å². The van der Waals surface area contributed by atoms with E-state index in [9.17, 15) is 4.79 Å². The summed E-state index contributed by atoms with van der Waals surface area (Å²) in [6.07, 6.45) is 0. The van der Waals surface area contributed by atoms with Crippen LogP contribution >= 0.6 is 0 Å². The van der Waals surface area contributed by atoms with Crippen LogP contribution in [-0.4, -0.2) is 5.91 Å². The highest BCUT2D eigenvalue weighted by atomic mass is 16.1. The first kappa shape index (κ1) is 13.1. The number of hydrogen-bond acceptors (Lipinski definition) is 2. The zero-order valence-electron chi connectivity index (χ0n) is 11.2. The van der Waals surface area contributed by atoms with Crippen LogP contribution in [0.3, 0.4) is 0 Å². The standard InChI is InChI=1S/C16H18N2O/c1-11-4-3-5-13(8-11)10-18-14-6-7-15(16(17)19)12(2)9-14/h3-9,18H,10H2,1-2H3,(H2,17,19). The van der Waals surface area contributed by atoms with E-state index in [0.717, 1.165) is 17.8 Å². The number of nitrogens with two attached hydrogens (primary N) is 1. The molecule has 0 spiro atoms. The van der Waals surface area contributed by atoms with Gasteiger partial charge in [0.1, 0.15) is 0 Å². The number of rotatable bonds is 4. The highest BCUT2D eigenvalue weighted by Gasteiger charge is 2.05. The quantitative estimate of drug-likeness (QED) is 0.881. The van der Waals surface area contributed by atoms with E-state index >= 15 is 0 Å². The molecule has 3 heteroatoms. The molecule has 19 heavy (non-hydrogen) atoms. The number of hydrogen-bond donors (Lipinski definition) is 2. The van der Waals surface area contributed by atoms with Gasteiger partial charge in [-0.05, 0) is 43.2 Å². The molecule has 0 atom stereocenters. The van der Waals surface area contributed by atoms with E-state index in [4.69, 9.17) is 5.73 Å². The van der Waals surface area contributed by atoms with Crippen molar-refractivity contribution < 1.29 is 4.79 Å². The number of benzene rings is 2. The van der Waals surface area contributed by atoms with Crippen molar-refractivity contribution in [3.63, 3.8) is 0 Å². The van der Waals surface area contributed by atoms with E-state index in [-0.39, 0.29) is 5.91 Å². The van der Waals surface area contributed by atoms with Crippen molar-refractivity contribution >= 4 is 11.6 Å². The van der Waals surface area contributed by atoms with E-state index < -0.39 is 0 Å². The molecule has 0 fully saturated rings. The number of primary amides is 1. The number of carbonyl (C=O) groups excluding carboxylic acids is 1. The smallest absolute Gasteiger partial charge is 0.248 e. The molecule has 0 unspecified atom stereocenters. The molecule has 98 valence electrons. The molecular weight excluding hydrogens is 236 g/mol.